The van der Waals surface area contributed by atoms with Gasteiger partial charge in [-0.3, -0.25) is 4.79 Å². The summed E-state index contributed by atoms with van der Waals surface area (Å²) in [5.41, 5.74) is 6.05. The van der Waals surface area contributed by atoms with Gasteiger partial charge in [0.2, 0.25) is 5.91 Å². The lowest BCUT2D eigenvalue weighted by Crippen LogP contribution is -2.46. The second-order valence-electron chi connectivity index (χ2n) is 5.96. The molecule has 0 spiro atoms. The fraction of sp³-hybridized carbons (Fsp3) is 0.929. The van der Waals surface area contributed by atoms with Crippen molar-refractivity contribution in [3.63, 3.8) is 0 Å². The summed E-state index contributed by atoms with van der Waals surface area (Å²) in [5.74, 6) is 0.716. The van der Waals surface area contributed by atoms with Gasteiger partial charge < -0.3 is 15.8 Å². The molecular formula is C14H26N2O2. The monoisotopic (exact) mass is 254 g/mol. The summed E-state index contributed by atoms with van der Waals surface area (Å²) in [6.07, 6.45) is 8.23. The average Bonchev–Trinajstić information content (AvgIpc) is 2.38. The second kappa shape index (κ2) is 6.53. The molecule has 1 amide bonds. The molecule has 0 unspecified atom stereocenters. The van der Waals surface area contributed by atoms with Gasteiger partial charge in [0.1, 0.15) is 0 Å². The van der Waals surface area contributed by atoms with Gasteiger partial charge in [-0.05, 0) is 31.6 Å². The van der Waals surface area contributed by atoms with Crippen LogP contribution in [0.15, 0.2) is 0 Å². The Kier molecular flexibility index (Phi) is 5.01. The van der Waals surface area contributed by atoms with Crippen LogP contribution in [-0.2, 0) is 9.53 Å². The van der Waals surface area contributed by atoms with Gasteiger partial charge >= 0.3 is 0 Å². The first-order valence-electron chi connectivity index (χ1n) is 7.31. The van der Waals surface area contributed by atoms with Crippen molar-refractivity contribution in [1.82, 2.24) is 5.32 Å². The third-order valence-corrected chi connectivity index (χ3v) is 4.29. The number of hydrogen-bond donors (Lipinski definition) is 2. The molecule has 0 aromatic heterocycles. The van der Waals surface area contributed by atoms with E-state index in [1.165, 1.54) is 19.3 Å². The van der Waals surface area contributed by atoms with Crippen molar-refractivity contribution in [3.8, 4) is 0 Å². The predicted molar refractivity (Wildman–Crippen MR) is 71.2 cm³/mol. The van der Waals surface area contributed by atoms with Crippen LogP contribution in [-0.4, -0.2) is 31.2 Å². The highest BCUT2D eigenvalue weighted by Gasteiger charge is 2.30. The largest absolute Gasteiger partial charge is 0.381 e. The Bertz CT molecular complexity index is 269. The van der Waals surface area contributed by atoms with Gasteiger partial charge in [-0.1, -0.05) is 19.3 Å². The van der Waals surface area contributed by atoms with Crippen LogP contribution in [0.5, 0.6) is 0 Å². The van der Waals surface area contributed by atoms with Crippen LogP contribution in [0.25, 0.3) is 0 Å². The van der Waals surface area contributed by atoms with E-state index in [9.17, 15) is 4.79 Å². The number of rotatable bonds is 4. The molecule has 1 aliphatic carbocycles. The molecular weight excluding hydrogens is 228 g/mol. The maximum Gasteiger partial charge on any atom is 0.221 e. The third-order valence-electron chi connectivity index (χ3n) is 4.29. The molecule has 2 aliphatic rings. The van der Waals surface area contributed by atoms with Gasteiger partial charge in [-0.2, -0.15) is 0 Å². The molecule has 0 atom stereocenters. The van der Waals surface area contributed by atoms with Crippen LogP contribution in [0.3, 0.4) is 0 Å². The number of nitrogens with one attached hydrogen (secondary N) is 1. The SMILES string of the molecule is NC1(CC(=O)NCC2CCOCC2)CCCCC1. The molecule has 1 saturated heterocycles. The quantitative estimate of drug-likeness (QED) is 0.800. The standard InChI is InChI=1S/C14H26N2O2/c15-14(6-2-1-3-7-14)10-13(17)16-11-12-4-8-18-9-5-12/h12H,1-11,15H2,(H,16,17). The number of carbonyl (C=O) groups is 1. The topological polar surface area (TPSA) is 64.4 Å². The molecule has 104 valence electrons. The maximum atomic E-state index is 11.9. The van der Waals surface area contributed by atoms with E-state index >= 15 is 0 Å². The van der Waals surface area contributed by atoms with Crippen LogP contribution in [0.4, 0.5) is 0 Å². The molecule has 4 nitrogen and oxygen atoms in total. The summed E-state index contributed by atoms with van der Waals surface area (Å²) in [4.78, 5) is 11.9. The van der Waals surface area contributed by atoms with Gasteiger partial charge in [0, 0.05) is 31.7 Å². The number of ether oxygens (including phenoxy) is 1. The van der Waals surface area contributed by atoms with Crippen LogP contribution in [0.1, 0.15) is 51.4 Å². The molecule has 0 aromatic rings. The second-order valence-corrected chi connectivity index (χ2v) is 5.96. The van der Waals surface area contributed by atoms with E-state index in [1.54, 1.807) is 0 Å². The molecule has 18 heavy (non-hydrogen) atoms. The molecule has 3 N–H and O–H groups in total. The highest BCUT2D eigenvalue weighted by molar-refractivity contribution is 5.77. The molecule has 0 aromatic carbocycles. The first-order chi connectivity index (χ1) is 8.68. The van der Waals surface area contributed by atoms with Crippen LogP contribution >= 0.6 is 0 Å². The van der Waals surface area contributed by atoms with Gasteiger partial charge in [0.05, 0.1) is 0 Å². The smallest absolute Gasteiger partial charge is 0.221 e. The minimum atomic E-state index is -0.238. The Morgan fingerprint density at radius 3 is 2.56 bits per heavy atom. The first kappa shape index (κ1) is 13.8. The van der Waals surface area contributed by atoms with Gasteiger partial charge in [-0.25, -0.2) is 0 Å². The average molecular weight is 254 g/mol. The lowest BCUT2D eigenvalue weighted by Gasteiger charge is -2.33. The summed E-state index contributed by atoms with van der Waals surface area (Å²) in [7, 11) is 0. The molecule has 2 rings (SSSR count). The number of carbonyl (C=O) groups excluding carboxylic acids is 1. The molecule has 1 heterocycles. The van der Waals surface area contributed by atoms with E-state index in [4.69, 9.17) is 10.5 Å². The van der Waals surface area contributed by atoms with Gasteiger partial charge in [0.15, 0.2) is 0 Å². The Morgan fingerprint density at radius 1 is 1.22 bits per heavy atom. The zero-order valence-corrected chi connectivity index (χ0v) is 11.2. The van der Waals surface area contributed by atoms with Crippen molar-refractivity contribution in [2.24, 2.45) is 11.7 Å². The fourth-order valence-corrected chi connectivity index (χ4v) is 3.02. The Hall–Kier alpha value is -0.610. The Balaban J connectivity index is 1.67. The highest BCUT2D eigenvalue weighted by Crippen LogP contribution is 2.28. The maximum absolute atomic E-state index is 11.9. The normalized spacial score (nSPS) is 24.7. The Morgan fingerprint density at radius 2 is 1.89 bits per heavy atom. The summed E-state index contributed by atoms with van der Waals surface area (Å²) in [6.45, 7) is 2.46. The lowest BCUT2D eigenvalue weighted by atomic mass is 9.80. The minimum absolute atomic E-state index is 0.130. The van der Waals surface area contributed by atoms with Crippen molar-refractivity contribution in [1.29, 1.82) is 0 Å². The summed E-state index contributed by atoms with van der Waals surface area (Å²) in [6, 6.07) is 0. The van der Waals surface area contributed by atoms with Crippen molar-refractivity contribution in [3.05, 3.63) is 0 Å². The molecule has 4 heteroatoms. The van der Waals surface area contributed by atoms with Crippen molar-refractivity contribution in [2.45, 2.75) is 56.9 Å². The number of nitrogens with two attached hydrogens (primary N) is 1. The van der Waals surface area contributed by atoms with E-state index in [-0.39, 0.29) is 11.4 Å². The molecule has 0 bridgehead atoms. The van der Waals surface area contributed by atoms with Crippen molar-refractivity contribution in [2.75, 3.05) is 19.8 Å². The van der Waals surface area contributed by atoms with Gasteiger partial charge in [0.25, 0.3) is 0 Å². The lowest BCUT2D eigenvalue weighted by molar-refractivity contribution is -0.122. The number of hydrogen-bond acceptors (Lipinski definition) is 3. The third kappa shape index (κ3) is 4.25. The summed E-state index contributed by atoms with van der Waals surface area (Å²) in [5, 5.41) is 3.05. The zero-order chi connectivity index (χ0) is 12.8. The van der Waals surface area contributed by atoms with Gasteiger partial charge in [-0.15, -0.1) is 0 Å². The van der Waals surface area contributed by atoms with E-state index in [0.717, 1.165) is 45.4 Å². The van der Waals surface area contributed by atoms with Crippen LogP contribution < -0.4 is 11.1 Å². The summed E-state index contributed by atoms with van der Waals surface area (Å²) >= 11 is 0. The molecule has 1 aliphatic heterocycles. The van der Waals surface area contributed by atoms with Crippen molar-refractivity contribution < 1.29 is 9.53 Å². The summed E-state index contributed by atoms with van der Waals surface area (Å²) < 4.78 is 5.31. The molecule has 1 saturated carbocycles. The molecule has 2 fully saturated rings. The van der Waals surface area contributed by atoms with Crippen LogP contribution in [0.2, 0.25) is 0 Å². The molecule has 0 radical (unpaired) electrons. The predicted octanol–water partition coefficient (Wildman–Crippen LogP) is 1.58. The van der Waals surface area contributed by atoms with E-state index in [0.29, 0.717) is 12.3 Å². The van der Waals surface area contributed by atoms with E-state index in [2.05, 4.69) is 5.32 Å². The first-order valence-corrected chi connectivity index (χ1v) is 7.31. The minimum Gasteiger partial charge on any atom is -0.381 e. The zero-order valence-electron chi connectivity index (χ0n) is 11.2. The van der Waals surface area contributed by atoms with E-state index in [1.807, 2.05) is 0 Å². The van der Waals surface area contributed by atoms with Crippen LogP contribution in [0, 0.1) is 5.92 Å². The van der Waals surface area contributed by atoms with Crippen molar-refractivity contribution >= 4 is 5.91 Å². The highest BCUT2D eigenvalue weighted by atomic mass is 16.5. The Labute approximate surface area is 110 Å². The number of amides is 1. The van der Waals surface area contributed by atoms with E-state index < -0.39 is 0 Å². The fourth-order valence-electron chi connectivity index (χ4n) is 3.02.